The van der Waals surface area contributed by atoms with Crippen molar-refractivity contribution in [2.75, 3.05) is 0 Å². The number of aromatic amines is 1. The largest absolute Gasteiger partial charge is 0.350 e. The van der Waals surface area contributed by atoms with Crippen LogP contribution in [0, 0.1) is 0 Å². The molecule has 0 saturated carbocycles. The van der Waals surface area contributed by atoms with E-state index in [0.717, 1.165) is 22.4 Å². The molecular weight excluding hydrogens is 260 g/mol. The van der Waals surface area contributed by atoms with E-state index < -0.39 is 0 Å². The second-order valence-electron chi connectivity index (χ2n) is 5.03. The fourth-order valence-electron chi connectivity index (χ4n) is 2.70. The van der Waals surface area contributed by atoms with Crippen LogP contribution in [0.15, 0.2) is 61.1 Å². The molecule has 0 saturated heterocycles. The van der Waals surface area contributed by atoms with Crippen LogP contribution in [-0.2, 0) is 7.05 Å². The van der Waals surface area contributed by atoms with Crippen molar-refractivity contribution in [1.82, 2.24) is 19.5 Å². The third-order valence-corrected chi connectivity index (χ3v) is 3.67. The Morgan fingerprint density at radius 1 is 1.00 bits per heavy atom. The summed E-state index contributed by atoms with van der Waals surface area (Å²) in [5.41, 5.74) is 6.27. The molecule has 4 heteroatoms. The first-order valence-electron chi connectivity index (χ1n) is 6.84. The lowest BCUT2D eigenvalue weighted by molar-refractivity contribution is 0.937. The predicted octanol–water partition coefficient (Wildman–Crippen LogP) is 3.63. The highest BCUT2D eigenvalue weighted by atomic mass is 14.9. The zero-order valence-electron chi connectivity index (χ0n) is 11.6. The highest BCUT2D eigenvalue weighted by Crippen LogP contribution is 2.33. The molecule has 4 rings (SSSR count). The summed E-state index contributed by atoms with van der Waals surface area (Å²) in [6, 6.07) is 14.6. The molecule has 4 nitrogen and oxygen atoms in total. The summed E-state index contributed by atoms with van der Waals surface area (Å²) < 4.78 is 2.14. The Kier molecular flexibility index (Phi) is 2.60. The summed E-state index contributed by atoms with van der Waals surface area (Å²) in [4.78, 5) is 12.0. The smallest absolute Gasteiger partial charge is 0.156 e. The number of H-pyrrole nitrogens is 1. The Bertz CT molecular complexity index is 870. The van der Waals surface area contributed by atoms with Crippen molar-refractivity contribution in [3.05, 3.63) is 61.1 Å². The third-order valence-electron chi connectivity index (χ3n) is 3.67. The van der Waals surface area contributed by atoms with Crippen LogP contribution in [0.2, 0.25) is 0 Å². The zero-order valence-corrected chi connectivity index (χ0v) is 11.6. The van der Waals surface area contributed by atoms with E-state index in [1.54, 1.807) is 12.4 Å². The van der Waals surface area contributed by atoms with Crippen LogP contribution in [0.1, 0.15) is 0 Å². The number of fused-ring (bicyclic) bond motifs is 1. The minimum absolute atomic E-state index is 0.815. The number of hydrogen-bond donors (Lipinski definition) is 1. The molecule has 1 N–H and O–H groups in total. The number of benzene rings is 1. The number of nitrogens with zero attached hydrogens (tertiary/aromatic N) is 3. The molecule has 0 bridgehead atoms. The predicted molar refractivity (Wildman–Crippen MR) is 83.7 cm³/mol. The van der Waals surface area contributed by atoms with Gasteiger partial charge < -0.3 is 9.55 Å². The second kappa shape index (κ2) is 4.59. The zero-order chi connectivity index (χ0) is 14.2. The van der Waals surface area contributed by atoms with E-state index in [4.69, 9.17) is 0 Å². The van der Waals surface area contributed by atoms with E-state index >= 15 is 0 Å². The summed E-state index contributed by atoms with van der Waals surface area (Å²) in [5.74, 6) is 0. The lowest BCUT2D eigenvalue weighted by Gasteiger charge is -2.07. The maximum Gasteiger partial charge on any atom is 0.156 e. The van der Waals surface area contributed by atoms with Gasteiger partial charge in [0.2, 0.25) is 0 Å². The Labute approximate surface area is 122 Å². The molecule has 1 aromatic carbocycles. The number of hydrogen-bond acceptors (Lipinski definition) is 2. The molecule has 0 unspecified atom stereocenters. The summed E-state index contributed by atoms with van der Waals surface area (Å²) in [5, 5.41) is 0. The average Bonchev–Trinajstić information content (AvgIpc) is 3.11. The Hall–Kier alpha value is -2.88. The monoisotopic (exact) mass is 274 g/mol. The SMILES string of the molecule is Cn1ccc(-c2cc3nccnc3[nH]2)c1-c1ccccc1. The van der Waals surface area contributed by atoms with Crippen LogP contribution in [0.4, 0.5) is 0 Å². The molecule has 0 aliphatic carbocycles. The van der Waals surface area contributed by atoms with Crippen molar-refractivity contribution in [3.8, 4) is 22.5 Å². The minimum Gasteiger partial charge on any atom is -0.350 e. The topological polar surface area (TPSA) is 46.5 Å². The molecule has 0 aliphatic heterocycles. The molecule has 0 radical (unpaired) electrons. The highest BCUT2D eigenvalue weighted by Gasteiger charge is 2.13. The molecule has 0 fully saturated rings. The van der Waals surface area contributed by atoms with E-state index in [-0.39, 0.29) is 0 Å². The van der Waals surface area contributed by atoms with Gasteiger partial charge in [-0.1, -0.05) is 30.3 Å². The molecule has 0 aliphatic rings. The van der Waals surface area contributed by atoms with Gasteiger partial charge in [-0.3, -0.25) is 4.98 Å². The van der Waals surface area contributed by atoms with Gasteiger partial charge in [0, 0.05) is 31.2 Å². The van der Waals surface area contributed by atoms with Crippen molar-refractivity contribution in [2.45, 2.75) is 0 Å². The minimum atomic E-state index is 0.815. The van der Waals surface area contributed by atoms with Gasteiger partial charge in [0.15, 0.2) is 5.65 Å². The van der Waals surface area contributed by atoms with Gasteiger partial charge in [0.1, 0.15) is 5.52 Å². The molecule has 0 spiro atoms. The van der Waals surface area contributed by atoms with Gasteiger partial charge in [-0.15, -0.1) is 0 Å². The van der Waals surface area contributed by atoms with Gasteiger partial charge in [0.25, 0.3) is 0 Å². The molecule has 0 amide bonds. The van der Waals surface area contributed by atoms with E-state index in [2.05, 4.69) is 63.1 Å². The van der Waals surface area contributed by atoms with Crippen LogP contribution in [-0.4, -0.2) is 19.5 Å². The standard InChI is InChI=1S/C17H14N4/c1-21-10-7-13(16(21)12-5-3-2-4-6-12)14-11-15-17(20-14)19-9-8-18-15/h2-11H,1H3,(H,19,20). The summed E-state index contributed by atoms with van der Waals surface area (Å²) >= 11 is 0. The van der Waals surface area contributed by atoms with Gasteiger partial charge in [-0.05, 0) is 17.7 Å². The van der Waals surface area contributed by atoms with Crippen molar-refractivity contribution in [1.29, 1.82) is 0 Å². The van der Waals surface area contributed by atoms with E-state index in [9.17, 15) is 0 Å². The van der Waals surface area contributed by atoms with Crippen molar-refractivity contribution in [2.24, 2.45) is 7.05 Å². The van der Waals surface area contributed by atoms with Crippen LogP contribution < -0.4 is 0 Å². The Balaban J connectivity index is 1.93. The molecule has 3 aromatic heterocycles. The lowest BCUT2D eigenvalue weighted by atomic mass is 10.1. The quantitative estimate of drug-likeness (QED) is 0.606. The van der Waals surface area contributed by atoms with Gasteiger partial charge >= 0.3 is 0 Å². The van der Waals surface area contributed by atoms with Gasteiger partial charge in [0.05, 0.1) is 11.4 Å². The molecule has 4 aromatic rings. The van der Waals surface area contributed by atoms with Gasteiger partial charge in [-0.25, -0.2) is 4.98 Å². The van der Waals surface area contributed by atoms with E-state index in [1.807, 2.05) is 12.1 Å². The molecule has 3 heterocycles. The fraction of sp³-hybridized carbons (Fsp3) is 0.0588. The number of aromatic nitrogens is 4. The van der Waals surface area contributed by atoms with Crippen LogP contribution in [0.3, 0.4) is 0 Å². The fourth-order valence-corrected chi connectivity index (χ4v) is 2.70. The normalized spacial score (nSPS) is 11.1. The van der Waals surface area contributed by atoms with E-state index in [0.29, 0.717) is 0 Å². The number of aryl methyl sites for hydroxylation is 1. The van der Waals surface area contributed by atoms with Gasteiger partial charge in [-0.2, -0.15) is 0 Å². The van der Waals surface area contributed by atoms with Crippen molar-refractivity contribution >= 4 is 11.2 Å². The first-order valence-corrected chi connectivity index (χ1v) is 6.84. The van der Waals surface area contributed by atoms with Crippen molar-refractivity contribution in [3.63, 3.8) is 0 Å². The summed E-state index contributed by atoms with van der Waals surface area (Å²) in [6.45, 7) is 0. The first kappa shape index (κ1) is 11.9. The molecule has 0 atom stereocenters. The average molecular weight is 274 g/mol. The molecular formula is C17H14N4. The number of rotatable bonds is 2. The number of nitrogens with one attached hydrogen (secondary N) is 1. The van der Waals surface area contributed by atoms with Crippen molar-refractivity contribution < 1.29 is 0 Å². The third kappa shape index (κ3) is 1.92. The molecule has 102 valence electrons. The molecule has 21 heavy (non-hydrogen) atoms. The summed E-state index contributed by atoms with van der Waals surface area (Å²) in [6.07, 6.45) is 5.48. The Morgan fingerprint density at radius 2 is 1.81 bits per heavy atom. The van der Waals surface area contributed by atoms with Crippen LogP contribution in [0.25, 0.3) is 33.7 Å². The summed E-state index contributed by atoms with van der Waals surface area (Å²) in [7, 11) is 2.06. The van der Waals surface area contributed by atoms with E-state index in [1.165, 1.54) is 11.3 Å². The maximum absolute atomic E-state index is 4.34. The van der Waals surface area contributed by atoms with Crippen LogP contribution in [0.5, 0.6) is 0 Å². The first-order chi connectivity index (χ1) is 10.3. The lowest BCUT2D eigenvalue weighted by Crippen LogP contribution is -1.91. The van der Waals surface area contributed by atoms with Crippen LogP contribution >= 0.6 is 0 Å². The highest BCUT2D eigenvalue weighted by molar-refractivity contribution is 5.86. The maximum atomic E-state index is 4.34. The Morgan fingerprint density at radius 3 is 2.62 bits per heavy atom. The second-order valence-corrected chi connectivity index (χ2v) is 5.03.